The van der Waals surface area contributed by atoms with Gasteiger partial charge in [0.05, 0.1) is 0 Å². The third-order valence-corrected chi connectivity index (χ3v) is 1.79. The summed E-state index contributed by atoms with van der Waals surface area (Å²) in [7, 11) is 0. The molecule has 0 bridgehead atoms. The molecule has 12 heavy (non-hydrogen) atoms. The van der Waals surface area contributed by atoms with Gasteiger partial charge < -0.3 is 15.3 Å². The van der Waals surface area contributed by atoms with Gasteiger partial charge in [-0.1, -0.05) is 0 Å². The van der Waals surface area contributed by atoms with Crippen molar-refractivity contribution < 1.29 is 9.59 Å². The predicted molar refractivity (Wildman–Crippen MR) is 47.8 cm³/mol. The van der Waals surface area contributed by atoms with Crippen LogP contribution in [0.15, 0.2) is 0 Å². The van der Waals surface area contributed by atoms with Crippen molar-refractivity contribution in [2.24, 2.45) is 5.73 Å². The Hall–Kier alpha value is -0.700. The third-order valence-electron chi connectivity index (χ3n) is 1.79. The summed E-state index contributed by atoms with van der Waals surface area (Å²) in [6.45, 7) is 0. The minimum absolute atomic E-state index is 0.157. The maximum Gasteiger partial charge on any atom is 0.119 e. The van der Waals surface area contributed by atoms with Crippen LogP contribution in [0.5, 0.6) is 0 Å². The summed E-state index contributed by atoms with van der Waals surface area (Å²) in [6, 6.07) is 0.157. The Balaban J connectivity index is 3.14. The van der Waals surface area contributed by atoms with E-state index in [1.807, 2.05) is 0 Å². The molecule has 3 nitrogen and oxygen atoms in total. The molecule has 0 saturated carbocycles. The van der Waals surface area contributed by atoms with E-state index in [9.17, 15) is 9.59 Å². The van der Waals surface area contributed by atoms with Crippen molar-refractivity contribution in [3.63, 3.8) is 0 Å². The summed E-state index contributed by atoms with van der Waals surface area (Å²) in [5, 5.41) is 0. The zero-order valence-electron chi connectivity index (χ0n) is 7.37. The van der Waals surface area contributed by atoms with Gasteiger partial charge in [0.15, 0.2) is 0 Å². The van der Waals surface area contributed by atoms with E-state index in [4.69, 9.17) is 5.73 Å². The molecule has 0 aromatic heterocycles. The first-order valence-corrected chi connectivity index (χ1v) is 4.44. The fourth-order valence-corrected chi connectivity index (χ4v) is 1.07. The lowest BCUT2D eigenvalue weighted by Gasteiger charge is -2.08. The number of hydrogen-bond donors (Lipinski definition) is 1. The molecular weight excluding hydrogens is 154 g/mol. The summed E-state index contributed by atoms with van der Waals surface area (Å²) in [5.74, 6) is 0. The molecule has 0 aliphatic heterocycles. The van der Waals surface area contributed by atoms with Gasteiger partial charge in [0.2, 0.25) is 0 Å². The van der Waals surface area contributed by atoms with Crippen molar-refractivity contribution in [2.45, 2.75) is 44.6 Å². The fraction of sp³-hybridized carbons (Fsp3) is 0.778. The van der Waals surface area contributed by atoms with E-state index >= 15 is 0 Å². The van der Waals surface area contributed by atoms with Crippen LogP contribution in [0.1, 0.15) is 38.5 Å². The molecule has 2 N–H and O–H groups in total. The van der Waals surface area contributed by atoms with Crippen LogP contribution in [0.25, 0.3) is 0 Å². The van der Waals surface area contributed by atoms with E-state index in [2.05, 4.69) is 0 Å². The monoisotopic (exact) mass is 171 g/mol. The van der Waals surface area contributed by atoms with Gasteiger partial charge in [0.1, 0.15) is 12.6 Å². The first kappa shape index (κ1) is 11.3. The van der Waals surface area contributed by atoms with E-state index in [1.165, 1.54) is 0 Å². The highest BCUT2D eigenvalue weighted by molar-refractivity contribution is 5.49. The van der Waals surface area contributed by atoms with Gasteiger partial charge in [0.25, 0.3) is 0 Å². The van der Waals surface area contributed by atoms with Crippen molar-refractivity contribution >= 4 is 12.6 Å². The normalized spacial score (nSPS) is 10.2. The quantitative estimate of drug-likeness (QED) is 0.438. The second-order valence-corrected chi connectivity index (χ2v) is 2.96. The molecule has 0 amide bonds. The first-order valence-electron chi connectivity index (χ1n) is 4.44. The van der Waals surface area contributed by atoms with E-state index in [1.54, 1.807) is 0 Å². The van der Waals surface area contributed by atoms with Gasteiger partial charge in [-0.05, 0) is 25.7 Å². The SMILES string of the molecule is NC(CCCC=O)CCCC=O. The van der Waals surface area contributed by atoms with Crippen LogP contribution < -0.4 is 5.73 Å². The third kappa shape index (κ3) is 7.41. The Bertz CT molecular complexity index is 112. The summed E-state index contributed by atoms with van der Waals surface area (Å²) >= 11 is 0. The maximum absolute atomic E-state index is 9.96. The number of aldehydes is 2. The highest BCUT2D eigenvalue weighted by atomic mass is 16.1. The fourth-order valence-electron chi connectivity index (χ4n) is 1.07. The molecule has 0 fully saturated rings. The topological polar surface area (TPSA) is 60.2 Å². The Kier molecular flexibility index (Phi) is 7.91. The standard InChI is InChI=1S/C9H17NO2/c10-9(5-1-3-7-11)6-2-4-8-12/h7-9H,1-6,10H2. The second-order valence-electron chi connectivity index (χ2n) is 2.96. The number of nitrogens with two attached hydrogens (primary N) is 1. The smallest absolute Gasteiger partial charge is 0.119 e. The Labute approximate surface area is 73.3 Å². The molecule has 0 heterocycles. The average molecular weight is 171 g/mol. The molecule has 3 heteroatoms. The summed E-state index contributed by atoms with van der Waals surface area (Å²) in [4.78, 5) is 19.9. The van der Waals surface area contributed by atoms with Gasteiger partial charge >= 0.3 is 0 Å². The van der Waals surface area contributed by atoms with Crippen LogP contribution in [0.3, 0.4) is 0 Å². The van der Waals surface area contributed by atoms with Gasteiger partial charge in [0, 0.05) is 18.9 Å². The summed E-state index contributed by atoms with van der Waals surface area (Å²) < 4.78 is 0. The molecule has 0 atom stereocenters. The van der Waals surface area contributed by atoms with Gasteiger partial charge in [-0.3, -0.25) is 0 Å². The molecule has 0 spiro atoms. The molecule has 0 saturated heterocycles. The second kappa shape index (κ2) is 8.40. The van der Waals surface area contributed by atoms with Crippen molar-refractivity contribution in [2.75, 3.05) is 0 Å². The van der Waals surface area contributed by atoms with E-state index in [-0.39, 0.29) is 6.04 Å². The van der Waals surface area contributed by atoms with E-state index in [0.29, 0.717) is 12.8 Å². The molecule has 70 valence electrons. The minimum Gasteiger partial charge on any atom is -0.328 e. The van der Waals surface area contributed by atoms with Gasteiger partial charge in [-0.2, -0.15) is 0 Å². The maximum atomic E-state index is 9.96. The van der Waals surface area contributed by atoms with Crippen LogP contribution in [-0.4, -0.2) is 18.6 Å². The molecule has 0 aromatic rings. The lowest BCUT2D eigenvalue weighted by molar-refractivity contribution is -0.108. The molecule has 0 unspecified atom stereocenters. The summed E-state index contributed by atoms with van der Waals surface area (Å²) in [6.07, 6.45) is 6.53. The number of carbonyl (C=O) groups excluding carboxylic acids is 2. The van der Waals surface area contributed by atoms with E-state index < -0.39 is 0 Å². The predicted octanol–water partition coefficient (Wildman–Crippen LogP) is 1.05. The largest absolute Gasteiger partial charge is 0.328 e. The van der Waals surface area contributed by atoms with Crippen molar-refractivity contribution in [1.29, 1.82) is 0 Å². The first-order chi connectivity index (χ1) is 5.81. The van der Waals surface area contributed by atoms with Crippen LogP contribution in [-0.2, 0) is 9.59 Å². The number of unbranched alkanes of at least 4 members (excludes halogenated alkanes) is 2. The Morgan fingerprint density at radius 1 is 1.00 bits per heavy atom. The zero-order valence-corrected chi connectivity index (χ0v) is 7.37. The molecule has 0 aliphatic rings. The lowest BCUT2D eigenvalue weighted by atomic mass is 10.0. The highest BCUT2D eigenvalue weighted by Gasteiger charge is 2.00. The van der Waals surface area contributed by atoms with Gasteiger partial charge in [-0.15, -0.1) is 0 Å². The van der Waals surface area contributed by atoms with Crippen molar-refractivity contribution in [3.8, 4) is 0 Å². The van der Waals surface area contributed by atoms with Crippen molar-refractivity contribution in [3.05, 3.63) is 0 Å². The molecule has 0 aromatic carbocycles. The van der Waals surface area contributed by atoms with Gasteiger partial charge in [-0.25, -0.2) is 0 Å². The van der Waals surface area contributed by atoms with Crippen LogP contribution in [0, 0.1) is 0 Å². The Morgan fingerprint density at radius 2 is 1.42 bits per heavy atom. The molecule has 0 radical (unpaired) electrons. The number of carbonyl (C=O) groups is 2. The molecular formula is C9H17NO2. The van der Waals surface area contributed by atoms with Crippen molar-refractivity contribution in [1.82, 2.24) is 0 Å². The Morgan fingerprint density at radius 3 is 1.75 bits per heavy atom. The van der Waals surface area contributed by atoms with E-state index in [0.717, 1.165) is 38.3 Å². The lowest BCUT2D eigenvalue weighted by Crippen LogP contribution is -2.19. The van der Waals surface area contributed by atoms with Crippen LogP contribution in [0.2, 0.25) is 0 Å². The zero-order chi connectivity index (χ0) is 9.23. The number of hydrogen-bond acceptors (Lipinski definition) is 3. The molecule has 0 aliphatic carbocycles. The van der Waals surface area contributed by atoms with Crippen LogP contribution in [0.4, 0.5) is 0 Å². The molecule has 0 rings (SSSR count). The highest BCUT2D eigenvalue weighted by Crippen LogP contribution is 2.04. The average Bonchev–Trinajstić information content (AvgIpc) is 2.06. The minimum atomic E-state index is 0.157. The number of rotatable bonds is 8. The van der Waals surface area contributed by atoms with Crippen LogP contribution >= 0.6 is 0 Å². The summed E-state index contributed by atoms with van der Waals surface area (Å²) in [5.41, 5.74) is 5.72.